The molecule has 2 amide bonds. The third-order valence-corrected chi connectivity index (χ3v) is 3.74. The molecule has 0 aliphatic carbocycles. The fourth-order valence-electron chi connectivity index (χ4n) is 2.48. The quantitative estimate of drug-likeness (QED) is 0.444. The number of alkyl halides is 3. The van der Waals surface area contributed by atoms with Gasteiger partial charge < -0.3 is 9.47 Å². The van der Waals surface area contributed by atoms with Crippen LogP contribution in [0, 0.1) is 0 Å². The van der Waals surface area contributed by atoms with E-state index in [0.29, 0.717) is 5.56 Å². The average molecular weight is 391 g/mol. The predicted molar refractivity (Wildman–Crippen MR) is 90.1 cm³/mol. The number of esters is 1. The topological polar surface area (TPSA) is 72.9 Å². The van der Waals surface area contributed by atoms with Crippen molar-refractivity contribution in [1.82, 2.24) is 4.90 Å². The van der Waals surface area contributed by atoms with Gasteiger partial charge in [0.25, 0.3) is 11.8 Å². The maximum atomic E-state index is 12.1. The van der Waals surface area contributed by atoms with Gasteiger partial charge in [0.2, 0.25) is 0 Å². The van der Waals surface area contributed by atoms with Crippen LogP contribution >= 0.6 is 0 Å². The molecular weight excluding hydrogens is 379 g/mol. The first-order valence-electron chi connectivity index (χ1n) is 7.90. The van der Waals surface area contributed by atoms with Crippen molar-refractivity contribution >= 4 is 23.9 Å². The third kappa shape index (κ3) is 4.37. The number of nitrogens with zero attached hydrogens (tertiary/aromatic N) is 1. The van der Waals surface area contributed by atoms with Crippen molar-refractivity contribution in [3.63, 3.8) is 0 Å². The van der Waals surface area contributed by atoms with Crippen LogP contribution in [0.5, 0.6) is 5.75 Å². The molecule has 1 aliphatic heterocycles. The van der Waals surface area contributed by atoms with Crippen LogP contribution in [0.15, 0.2) is 54.6 Å². The van der Waals surface area contributed by atoms with Gasteiger partial charge in [0.05, 0.1) is 11.1 Å². The number of halogens is 3. The van der Waals surface area contributed by atoms with Crippen LogP contribution in [-0.2, 0) is 9.53 Å². The Morgan fingerprint density at radius 1 is 0.964 bits per heavy atom. The fraction of sp³-hybridized carbons (Fsp3) is 0.105. The van der Waals surface area contributed by atoms with E-state index in [9.17, 15) is 27.6 Å². The predicted octanol–water partition coefficient (Wildman–Crippen LogP) is 3.40. The zero-order chi connectivity index (χ0) is 20.3. The first-order valence-corrected chi connectivity index (χ1v) is 7.90. The SMILES string of the molecule is O=C(/C=C/c1ccc(OC(F)(F)F)cc1)OCN1C(=O)c2ccccc2C1=O. The standard InChI is InChI=1S/C19H12F3NO5/c20-19(21,22)28-13-8-5-12(6-9-13)7-10-16(24)27-11-23-17(25)14-3-1-2-4-15(14)18(23)26/h1-10H,11H2/b10-7+. The van der Waals surface area contributed by atoms with E-state index in [1.165, 1.54) is 30.3 Å². The Morgan fingerprint density at radius 3 is 2.07 bits per heavy atom. The Kier molecular flexibility index (Phi) is 5.16. The maximum absolute atomic E-state index is 12.1. The second kappa shape index (κ2) is 7.55. The zero-order valence-corrected chi connectivity index (χ0v) is 14.1. The lowest BCUT2D eigenvalue weighted by molar-refractivity contribution is -0.274. The minimum Gasteiger partial charge on any atom is -0.441 e. The van der Waals surface area contributed by atoms with Gasteiger partial charge in [-0.3, -0.25) is 9.59 Å². The molecule has 0 bridgehead atoms. The second-order valence-corrected chi connectivity index (χ2v) is 5.63. The molecule has 0 saturated carbocycles. The van der Waals surface area contributed by atoms with Gasteiger partial charge >= 0.3 is 12.3 Å². The van der Waals surface area contributed by atoms with Gasteiger partial charge in [0.1, 0.15) is 5.75 Å². The minimum atomic E-state index is -4.79. The Balaban J connectivity index is 1.55. The first-order chi connectivity index (χ1) is 13.2. The molecule has 9 heteroatoms. The van der Waals surface area contributed by atoms with Crippen LogP contribution < -0.4 is 4.74 Å². The molecule has 0 fully saturated rings. The monoisotopic (exact) mass is 391 g/mol. The molecule has 0 spiro atoms. The number of hydrogen-bond acceptors (Lipinski definition) is 5. The van der Waals surface area contributed by atoms with E-state index in [2.05, 4.69) is 4.74 Å². The van der Waals surface area contributed by atoms with E-state index in [1.807, 2.05) is 0 Å². The summed E-state index contributed by atoms with van der Waals surface area (Å²) >= 11 is 0. The summed E-state index contributed by atoms with van der Waals surface area (Å²) in [5.74, 6) is -2.33. The van der Waals surface area contributed by atoms with Crippen LogP contribution in [0.2, 0.25) is 0 Å². The summed E-state index contributed by atoms with van der Waals surface area (Å²) < 4.78 is 44.9. The summed E-state index contributed by atoms with van der Waals surface area (Å²) in [6.07, 6.45) is -2.45. The van der Waals surface area contributed by atoms with Crippen LogP contribution in [0.25, 0.3) is 6.08 Å². The molecule has 2 aromatic carbocycles. The van der Waals surface area contributed by atoms with Crippen molar-refractivity contribution < 1.29 is 37.0 Å². The normalized spacial score (nSPS) is 13.8. The number of amides is 2. The summed E-state index contributed by atoms with van der Waals surface area (Å²) in [6, 6.07) is 11.1. The highest BCUT2D eigenvalue weighted by atomic mass is 19.4. The van der Waals surface area contributed by atoms with E-state index in [-0.39, 0.29) is 11.1 Å². The van der Waals surface area contributed by atoms with Gasteiger partial charge in [0, 0.05) is 6.08 Å². The van der Waals surface area contributed by atoms with Crippen LogP contribution in [0.4, 0.5) is 13.2 Å². The lowest BCUT2D eigenvalue weighted by atomic mass is 10.1. The van der Waals surface area contributed by atoms with Crippen LogP contribution in [0.1, 0.15) is 26.3 Å². The molecule has 28 heavy (non-hydrogen) atoms. The molecule has 0 saturated heterocycles. The van der Waals surface area contributed by atoms with Gasteiger partial charge in [-0.2, -0.15) is 0 Å². The van der Waals surface area contributed by atoms with Gasteiger partial charge in [-0.25, -0.2) is 9.69 Å². The number of hydrogen-bond donors (Lipinski definition) is 0. The van der Waals surface area contributed by atoms with Gasteiger partial charge in [-0.05, 0) is 35.9 Å². The molecule has 3 rings (SSSR count). The number of carbonyl (C=O) groups is 3. The highest BCUT2D eigenvalue weighted by Gasteiger charge is 2.35. The first kappa shape index (κ1) is 19.2. The number of imide groups is 1. The molecule has 2 aromatic rings. The zero-order valence-electron chi connectivity index (χ0n) is 14.1. The molecule has 6 nitrogen and oxygen atoms in total. The largest absolute Gasteiger partial charge is 0.573 e. The van der Waals surface area contributed by atoms with Crippen molar-refractivity contribution in [1.29, 1.82) is 0 Å². The van der Waals surface area contributed by atoms with E-state index < -0.39 is 36.6 Å². The fourth-order valence-corrected chi connectivity index (χ4v) is 2.48. The number of rotatable bonds is 5. The Labute approximate surface area is 156 Å². The molecule has 0 unspecified atom stereocenters. The lowest BCUT2D eigenvalue weighted by Gasteiger charge is -2.12. The third-order valence-electron chi connectivity index (χ3n) is 3.74. The summed E-state index contributed by atoms with van der Waals surface area (Å²) in [5.41, 5.74) is 0.896. The molecule has 1 aliphatic rings. The Morgan fingerprint density at radius 2 is 1.54 bits per heavy atom. The van der Waals surface area contributed by atoms with Gasteiger partial charge in [0.15, 0.2) is 6.73 Å². The van der Waals surface area contributed by atoms with Gasteiger partial charge in [-0.15, -0.1) is 13.2 Å². The van der Waals surface area contributed by atoms with Crippen molar-refractivity contribution in [2.24, 2.45) is 0 Å². The molecule has 0 radical (unpaired) electrons. The number of carbonyl (C=O) groups excluding carboxylic acids is 3. The molecule has 0 atom stereocenters. The van der Waals surface area contributed by atoms with Crippen molar-refractivity contribution in [2.45, 2.75) is 6.36 Å². The molecular formula is C19H12F3NO5. The van der Waals surface area contributed by atoms with E-state index in [4.69, 9.17) is 4.74 Å². The average Bonchev–Trinajstić information content (AvgIpc) is 2.89. The van der Waals surface area contributed by atoms with E-state index in [0.717, 1.165) is 23.1 Å². The smallest absolute Gasteiger partial charge is 0.441 e. The van der Waals surface area contributed by atoms with E-state index in [1.54, 1.807) is 12.1 Å². The summed E-state index contributed by atoms with van der Waals surface area (Å²) in [4.78, 5) is 36.9. The van der Waals surface area contributed by atoms with Crippen LogP contribution in [-0.4, -0.2) is 35.8 Å². The van der Waals surface area contributed by atoms with Crippen molar-refractivity contribution in [3.8, 4) is 5.75 Å². The summed E-state index contributed by atoms with van der Waals surface area (Å²) in [5, 5.41) is 0. The molecule has 0 aromatic heterocycles. The second-order valence-electron chi connectivity index (χ2n) is 5.63. The molecule has 144 valence electrons. The summed E-state index contributed by atoms with van der Waals surface area (Å²) in [6.45, 7) is -0.548. The summed E-state index contributed by atoms with van der Waals surface area (Å²) in [7, 11) is 0. The number of benzene rings is 2. The Hall–Kier alpha value is -3.62. The number of ether oxygens (including phenoxy) is 2. The highest BCUT2D eigenvalue weighted by Crippen LogP contribution is 2.23. The van der Waals surface area contributed by atoms with Crippen molar-refractivity contribution in [2.75, 3.05) is 6.73 Å². The van der Waals surface area contributed by atoms with Crippen LogP contribution in [0.3, 0.4) is 0 Å². The Bertz CT molecular complexity index is 916. The lowest BCUT2D eigenvalue weighted by Crippen LogP contribution is -2.32. The molecule has 0 N–H and O–H groups in total. The minimum absolute atomic E-state index is 0.236. The van der Waals surface area contributed by atoms with Crippen molar-refractivity contribution in [3.05, 3.63) is 71.3 Å². The maximum Gasteiger partial charge on any atom is 0.573 e. The van der Waals surface area contributed by atoms with E-state index >= 15 is 0 Å². The van der Waals surface area contributed by atoms with Gasteiger partial charge in [-0.1, -0.05) is 24.3 Å². The highest BCUT2D eigenvalue weighted by molar-refractivity contribution is 6.21. The number of fused-ring (bicyclic) bond motifs is 1. The molecule has 1 heterocycles.